The lowest BCUT2D eigenvalue weighted by atomic mass is 10.1. The van der Waals surface area contributed by atoms with Gasteiger partial charge in [0.2, 0.25) is 5.91 Å². The average Bonchev–Trinajstić information content (AvgIpc) is 3.11. The zero-order valence-electron chi connectivity index (χ0n) is 21.0. The van der Waals surface area contributed by atoms with Gasteiger partial charge in [0, 0.05) is 42.7 Å². The van der Waals surface area contributed by atoms with Crippen molar-refractivity contribution in [2.75, 3.05) is 26.7 Å². The number of aryl methyl sites for hydroxylation is 1. The maximum Gasteiger partial charge on any atom is 0.275 e. The molecule has 0 unspecified atom stereocenters. The third-order valence-electron chi connectivity index (χ3n) is 6.64. The van der Waals surface area contributed by atoms with E-state index in [1.807, 2.05) is 67.6 Å². The van der Waals surface area contributed by atoms with E-state index < -0.39 is 0 Å². The molecular formula is C29H30N4O4. The number of rotatable bonds is 7. The standard InChI is InChI=1S/C29H30N4O4/c1-20-22-10-4-5-11-23(22)29(35)33(31-20)19-28(34)30-15-16-32-17-21-9-3-7-13-25(21)37-27(18-32)24-12-6-8-14-26(24)36-2/h3-14,27H,15-19H2,1-2H3,(H,30,34)/t27-/m1/s1. The van der Waals surface area contributed by atoms with Crippen molar-refractivity contribution in [1.29, 1.82) is 0 Å². The highest BCUT2D eigenvalue weighted by Gasteiger charge is 2.26. The Kier molecular flexibility index (Phi) is 7.18. The minimum atomic E-state index is -0.266. The van der Waals surface area contributed by atoms with Crippen LogP contribution in [0.15, 0.2) is 77.6 Å². The van der Waals surface area contributed by atoms with Gasteiger partial charge in [-0.15, -0.1) is 0 Å². The predicted molar refractivity (Wildman–Crippen MR) is 142 cm³/mol. The summed E-state index contributed by atoms with van der Waals surface area (Å²) in [7, 11) is 1.66. The van der Waals surface area contributed by atoms with Gasteiger partial charge in [-0.1, -0.05) is 54.6 Å². The molecule has 1 aromatic heterocycles. The molecule has 0 aliphatic carbocycles. The van der Waals surface area contributed by atoms with Crippen LogP contribution >= 0.6 is 0 Å². The summed E-state index contributed by atoms with van der Waals surface area (Å²) in [5, 5.41) is 8.66. The highest BCUT2D eigenvalue weighted by molar-refractivity contribution is 5.83. The summed E-state index contributed by atoms with van der Waals surface area (Å²) in [4.78, 5) is 27.8. The number of benzene rings is 3. The number of nitrogens with one attached hydrogen (secondary N) is 1. The Bertz CT molecular complexity index is 1480. The first-order valence-electron chi connectivity index (χ1n) is 12.4. The second-order valence-electron chi connectivity index (χ2n) is 9.14. The zero-order valence-corrected chi connectivity index (χ0v) is 21.0. The number of ether oxygens (including phenoxy) is 2. The van der Waals surface area contributed by atoms with E-state index in [1.54, 1.807) is 13.2 Å². The molecule has 0 fully saturated rings. The Morgan fingerprint density at radius 2 is 1.78 bits per heavy atom. The molecule has 0 saturated heterocycles. The van der Waals surface area contributed by atoms with Crippen molar-refractivity contribution in [1.82, 2.24) is 20.0 Å². The Labute approximate surface area is 215 Å². The highest BCUT2D eigenvalue weighted by atomic mass is 16.5. The topological polar surface area (TPSA) is 85.7 Å². The van der Waals surface area contributed by atoms with Crippen molar-refractivity contribution in [3.63, 3.8) is 0 Å². The lowest BCUT2D eigenvalue weighted by Crippen LogP contribution is -2.39. The van der Waals surface area contributed by atoms with E-state index in [0.29, 0.717) is 37.3 Å². The van der Waals surface area contributed by atoms with Crippen molar-refractivity contribution in [2.45, 2.75) is 26.1 Å². The van der Waals surface area contributed by atoms with Gasteiger partial charge >= 0.3 is 0 Å². The van der Waals surface area contributed by atoms with Crippen LogP contribution in [0.5, 0.6) is 11.5 Å². The van der Waals surface area contributed by atoms with Crippen LogP contribution in [0.1, 0.15) is 22.9 Å². The summed E-state index contributed by atoms with van der Waals surface area (Å²) in [6.07, 6.45) is -0.223. The minimum absolute atomic E-state index is 0.125. The average molecular weight is 499 g/mol. The first-order chi connectivity index (χ1) is 18.0. The molecule has 3 aromatic carbocycles. The summed E-state index contributed by atoms with van der Waals surface area (Å²) < 4.78 is 13.3. The Morgan fingerprint density at radius 3 is 2.62 bits per heavy atom. The maximum atomic E-state index is 12.8. The number of nitrogens with zero attached hydrogens (tertiary/aromatic N) is 3. The molecule has 0 bridgehead atoms. The number of carbonyl (C=O) groups is 1. The second kappa shape index (κ2) is 10.8. The normalized spacial score (nSPS) is 15.5. The van der Waals surface area contributed by atoms with Gasteiger partial charge in [-0.3, -0.25) is 14.5 Å². The van der Waals surface area contributed by atoms with E-state index in [-0.39, 0.29) is 24.1 Å². The fraction of sp³-hybridized carbons (Fsp3) is 0.276. The minimum Gasteiger partial charge on any atom is -0.496 e. The molecule has 8 nitrogen and oxygen atoms in total. The number of carbonyl (C=O) groups excluding carboxylic acids is 1. The summed E-state index contributed by atoms with van der Waals surface area (Å²) in [6, 6.07) is 23.2. The second-order valence-corrected chi connectivity index (χ2v) is 9.14. The van der Waals surface area contributed by atoms with Crippen LogP contribution in [0.3, 0.4) is 0 Å². The Morgan fingerprint density at radius 1 is 1.05 bits per heavy atom. The van der Waals surface area contributed by atoms with Crippen molar-refractivity contribution in [3.05, 3.63) is 100.0 Å². The summed E-state index contributed by atoms with van der Waals surface area (Å²) in [6.45, 7) is 4.10. The molecule has 1 atom stereocenters. The van der Waals surface area contributed by atoms with Gasteiger partial charge in [0.1, 0.15) is 24.1 Å². The highest BCUT2D eigenvalue weighted by Crippen LogP contribution is 2.34. The first kappa shape index (κ1) is 24.5. The van der Waals surface area contributed by atoms with Crippen LogP contribution < -0.4 is 20.3 Å². The monoisotopic (exact) mass is 498 g/mol. The van der Waals surface area contributed by atoms with Gasteiger partial charge in [-0.2, -0.15) is 5.10 Å². The fourth-order valence-corrected chi connectivity index (χ4v) is 4.80. The predicted octanol–water partition coefficient (Wildman–Crippen LogP) is 3.47. The lowest BCUT2D eigenvalue weighted by Gasteiger charge is -2.25. The van der Waals surface area contributed by atoms with Crippen LogP contribution in [-0.4, -0.2) is 47.3 Å². The van der Waals surface area contributed by atoms with Crippen molar-refractivity contribution in [2.24, 2.45) is 0 Å². The molecular weight excluding hydrogens is 468 g/mol. The van der Waals surface area contributed by atoms with Gasteiger partial charge in [-0.25, -0.2) is 4.68 Å². The van der Waals surface area contributed by atoms with Crippen LogP contribution in [-0.2, 0) is 17.9 Å². The smallest absolute Gasteiger partial charge is 0.275 e. The number of para-hydroxylation sites is 2. The van der Waals surface area contributed by atoms with E-state index >= 15 is 0 Å². The molecule has 37 heavy (non-hydrogen) atoms. The largest absolute Gasteiger partial charge is 0.496 e. The van der Waals surface area contributed by atoms with E-state index in [0.717, 1.165) is 28.0 Å². The van der Waals surface area contributed by atoms with Gasteiger partial charge in [0.15, 0.2) is 0 Å². The van der Waals surface area contributed by atoms with E-state index in [9.17, 15) is 9.59 Å². The Hall–Kier alpha value is -4.17. The molecule has 0 saturated carbocycles. The third-order valence-corrected chi connectivity index (χ3v) is 6.64. The van der Waals surface area contributed by atoms with Gasteiger partial charge in [-0.05, 0) is 25.1 Å². The molecule has 190 valence electrons. The quantitative estimate of drug-likeness (QED) is 0.420. The first-order valence-corrected chi connectivity index (χ1v) is 12.4. The zero-order chi connectivity index (χ0) is 25.8. The fourth-order valence-electron chi connectivity index (χ4n) is 4.80. The van der Waals surface area contributed by atoms with Crippen molar-refractivity contribution < 1.29 is 14.3 Å². The Balaban J connectivity index is 1.27. The molecule has 5 rings (SSSR count). The SMILES string of the molecule is COc1ccccc1[C@H]1CN(CCNC(=O)Cn2nc(C)c3ccccc3c2=O)Cc2ccccc2O1. The van der Waals surface area contributed by atoms with Crippen LogP contribution in [0.25, 0.3) is 10.8 Å². The lowest BCUT2D eigenvalue weighted by molar-refractivity contribution is -0.121. The molecule has 8 heteroatoms. The molecule has 0 radical (unpaired) electrons. The van der Waals surface area contributed by atoms with Gasteiger partial charge in [0.05, 0.1) is 18.2 Å². The number of fused-ring (bicyclic) bond motifs is 2. The molecule has 1 aliphatic rings. The van der Waals surface area contributed by atoms with Crippen LogP contribution in [0, 0.1) is 6.92 Å². The van der Waals surface area contributed by atoms with Gasteiger partial charge < -0.3 is 14.8 Å². The number of hydrogen-bond donors (Lipinski definition) is 1. The summed E-state index contributed by atoms with van der Waals surface area (Å²) >= 11 is 0. The summed E-state index contributed by atoms with van der Waals surface area (Å²) in [5.41, 5.74) is 2.52. The molecule has 1 aliphatic heterocycles. The molecule has 0 spiro atoms. The van der Waals surface area contributed by atoms with Crippen LogP contribution in [0.4, 0.5) is 0 Å². The van der Waals surface area contributed by atoms with Crippen LogP contribution in [0.2, 0.25) is 0 Å². The maximum absolute atomic E-state index is 12.8. The molecule has 2 heterocycles. The van der Waals surface area contributed by atoms with Gasteiger partial charge in [0.25, 0.3) is 5.56 Å². The summed E-state index contributed by atoms with van der Waals surface area (Å²) in [5.74, 6) is 1.38. The number of aromatic nitrogens is 2. The molecule has 1 N–H and O–H groups in total. The van der Waals surface area contributed by atoms with Crippen molar-refractivity contribution in [3.8, 4) is 11.5 Å². The van der Waals surface area contributed by atoms with E-state index in [1.165, 1.54) is 4.68 Å². The van der Waals surface area contributed by atoms with E-state index in [2.05, 4.69) is 21.4 Å². The third kappa shape index (κ3) is 5.34. The number of methoxy groups -OCH3 is 1. The molecule has 4 aromatic rings. The number of hydrogen-bond acceptors (Lipinski definition) is 6. The van der Waals surface area contributed by atoms with Crippen molar-refractivity contribution >= 4 is 16.7 Å². The number of amides is 1. The van der Waals surface area contributed by atoms with E-state index in [4.69, 9.17) is 9.47 Å². The molecule has 1 amide bonds.